The minimum atomic E-state index is 0.561. The fourth-order valence-corrected chi connectivity index (χ4v) is 1.14. The molecule has 0 radical (unpaired) electrons. The van der Waals surface area contributed by atoms with Crippen LogP contribution in [0.1, 0.15) is 12.0 Å². The van der Waals surface area contributed by atoms with E-state index in [0.29, 0.717) is 10.7 Å². The summed E-state index contributed by atoms with van der Waals surface area (Å²) in [5.41, 5.74) is 7.07. The van der Waals surface area contributed by atoms with Gasteiger partial charge in [0.2, 0.25) is 0 Å². The molecule has 74 valence electrons. The van der Waals surface area contributed by atoms with Crippen LogP contribution in [0.3, 0.4) is 0 Å². The number of hydrogen-bond donors (Lipinski definition) is 2. The Morgan fingerprint density at radius 2 is 2.29 bits per heavy atom. The van der Waals surface area contributed by atoms with Crippen LogP contribution in [0.2, 0.25) is 5.02 Å². The van der Waals surface area contributed by atoms with E-state index in [9.17, 15) is 0 Å². The van der Waals surface area contributed by atoms with E-state index in [1.807, 2.05) is 13.1 Å². The lowest BCUT2D eigenvalue weighted by molar-refractivity contribution is 0.818. The first-order valence-electron chi connectivity index (χ1n) is 4.42. The minimum Gasteiger partial charge on any atom is -0.398 e. The topological polar surface area (TPSA) is 38.0 Å². The third-order valence-electron chi connectivity index (χ3n) is 1.73. The maximum Gasteiger partial charge on any atom is 0.0647 e. The monoisotopic (exact) mass is 208 g/mol. The van der Waals surface area contributed by atoms with Gasteiger partial charge >= 0.3 is 0 Å². The average molecular weight is 209 g/mol. The van der Waals surface area contributed by atoms with Crippen molar-refractivity contribution in [2.75, 3.05) is 19.3 Å². The average Bonchev–Trinajstić information content (AvgIpc) is 2.18. The summed E-state index contributed by atoms with van der Waals surface area (Å²) in [6.45, 7) is 0.899. The van der Waals surface area contributed by atoms with Crippen LogP contribution in [0.25, 0.3) is 0 Å². The molecular formula is C11H13ClN2. The maximum atomic E-state index is 5.85. The normalized spacial score (nSPS) is 9.29. The molecule has 0 amide bonds. The molecule has 2 nitrogen and oxygen atoms in total. The molecule has 0 atom stereocenters. The number of nitrogen functional groups attached to an aromatic ring is 1. The highest BCUT2D eigenvalue weighted by Crippen LogP contribution is 2.18. The van der Waals surface area contributed by atoms with Crippen LogP contribution in [0.15, 0.2) is 18.2 Å². The van der Waals surface area contributed by atoms with Crippen molar-refractivity contribution in [3.8, 4) is 11.8 Å². The van der Waals surface area contributed by atoms with E-state index in [0.717, 1.165) is 18.5 Å². The van der Waals surface area contributed by atoms with E-state index in [1.54, 1.807) is 12.1 Å². The fourth-order valence-electron chi connectivity index (χ4n) is 0.957. The summed E-state index contributed by atoms with van der Waals surface area (Å²) in [4.78, 5) is 0. The van der Waals surface area contributed by atoms with Crippen molar-refractivity contribution < 1.29 is 0 Å². The number of benzene rings is 1. The first-order valence-corrected chi connectivity index (χ1v) is 4.80. The van der Waals surface area contributed by atoms with E-state index in [1.165, 1.54) is 0 Å². The quantitative estimate of drug-likeness (QED) is 0.443. The van der Waals surface area contributed by atoms with E-state index in [2.05, 4.69) is 17.2 Å². The third kappa shape index (κ3) is 3.29. The molecule has 0 aliphatic heterocycles. The molecule has 0 aliphatic rings. The fraction of sp³-hybridized carbons (Fsp3) is 0.273. The zero-order chi connectivity index (χ0) is 10.4. The minimum absolute atomic E-state index is 0.561. The lowest BCUT2D eigenvalue weighted by Gasteiger charge is -1.96. The summed E-state index contributed by atoms with van der Waals surface area (Å²) < 4.78 is 0. The zero-order valence-corrected chi connectivity index (χ0v) is 8.86. The highest BCUT2D eigenvalue weighted by Gasteiger charge is 1.94. The smallest absolute Gasteiger partial charge is 0.0647 e. The molecule has 1 aromatic carbocycles. The molecule has 0 bridgehead atoms. The number of hydrogen-bond acceptors (Lipinski definition) is 2. The van der Waals surface area contributed by atoms with Crippen molar-refractivity contribution in [3.05, 3.63) is 28.8 Å². The summed E-state index contributed by atoms with van der Waals surface area (Å²) in [7, 11) is 1.90. The van der Waals surface area contributed by atoms with E-state index < -0.39 is 0 Å². The number of rotatable bonds is 2. The summed E-state index contributed by atoms with van der Waals surface area (Å²) in [6.07, 6.45) is 0.832. The molecule has 1 aromatic rings. The van der Waals surface area contributed by atoms with Crippen LogP contribution in [-0.2, 0) is 0 Å². The van der Waals surface area contributed by atoms with Crippen molar-refractivity contribution >= 4 is 17.3 Å². The molecule has 0 unspecified atom stereocenters. The number of halogens is 1. The number of nitrogens with one attached hydrogen (secondary N) is 1. The van der Waals surface area contributed by atoms with Gasteiger partial charge in [0, 0.05) is 18.5 Å². The van der Waals surface area contributed by atoms with Crippen molar-refractivity contribution in [2.24, 2.45) is 0 Å². The van der Waals surface area contributed by atoms with Crippen LogP contribution < -0.4 is 11.1 Å². The molecule has 0 saturated heterocycles. The second kappa shape index (κ2) is 5.54. The first kappa shape index (κ1) is 10.9. The Morgan fingerprint density at radius 1 is 1.50 bits per heavy atom. The van der Waals surface area contributed by atoms with Gasteiger partial charge in [-0.15, -0.1) is 0 Å². The van der Waals surface area contributed by atoms with E-state index in [4.69, 9.17) is 17.3 Å². The number of nitrogens with two attached hydrogens (primary N) is 1. The second-order valence-corrected chi connectivity index (χ2v) is 3.30. The van der Waals surface area contributed by atoms with Gasteiger partial charge in [0.25, 0.3) is 0 Å². The van der Waals surface area contributed by atoms with Gasteiger partial charge in [0.05, 0.1) is 10.7 Å². The van der Waals surface area contributed by atoms with Gasteiger partial charge in [-0.05, 0) is 25.2 Å². The Bertz CT molecular complexity index is 363. The van der Waals surface area contributed by atoms with Gasteiger partial charge < -0.3 is 11.1 Å². The van der Waals surface area contributed by atoms with Gasteiger partial charge in [-0.25, -0.2) is 0 Å². The van der Waals surface area contributed by atoms with Gasteiger partial charge in [0.1, 0.15) is 0 Å². The Morgan fingerprint density at radius 3 is 2.93 bits per heavy atom. The SMILES string of the molecule is CNCCC#Cc1ccc(N)c(Cl)c1. The lowest BCUT2D eigenvalue weighted by atomic mass is 10.2. The molecule has 0 aliphatic carbocycles. The summed E-state index contributed by atoms with van der Waals surface area (Å²) in [5.74, 6) is 6.05. The molecule has 14 heavy (non-hydrogen) atoms. The second-order valence-electron chi connectivity index (χ2n) is 2.89. The predicted molar refractivity (Wildman–Crippen MR) is 61.3 cm³/mol. The van der Waals surface area contributed by atoms with Crippen LogP contribution in [0.5, 0.6) is 0 Å². The zero-order valence-electron chi connectivity index (χ0n) is 8.10. The molecule has 0 saturated carbocycles. The van der Waals surface area contributed by atoms with Crippen LogP contribution in [0, 0.1) is 11.8 Å². The van der Waals surface area contributed by atoms with Crippen molar-refractivity contribution in [3.63, 3.8) is 0 Å². The molecule has 0 aromatic heterocycles. The highest BCUT2D eigenvalue weighted by atomic mass is 35.5. The van der Waals surface area contributed by atoms with Crippen LogP contribution in [0.4, 0.5) is 5.69 Å². The molecule has 1 rings (SSSR count). The standard InChI is InChI=1S/C11H13ClN2/c1-14-7-3-2-4-9-5-6-11(13)10(12)8-9/h5-6,8,14H,3,7,13H2,1H3. The Kier molecular flexibility index (Phi) is 4.31. The molecule has 3 heteroatoms. The van der Waals surface area contributed by atoms with Gasteiger partial charge in [-0.3, -0.25) is 0 Å². The van der Waals surface area contributed by atoms with Crippen molar-refractivity contribution in [2.45, 2.75) is 6.42 Å². The molecule has 0 fully saturated rings. The van der Waals surface area contributed by atoms with Gasteiger partial charge in [0.15, 0.2) is 0 Å². The van der Waals surface area contributed by atoms with Gasteiger partial charge in [-0.2, -0.15) is 0 Å². The van der Waals surface area contributed by atoms with E-state index in [-0.39, 0.29) is 0 Å². The lowest BCUT2D eigenvalue weighted by Crippen LogP contribution is -2.05. The van der Waals surface area contributed by atoms with Crippen molar-refractivity contribution in [1.82, 2.24) is 5.32 Å². The maximum absolute atomic E-state index is 5.85. The van der Waals surface area contributed by atoms with E-state index >= 15 is 0 Å². The predicted octanol–water partition coefficient (Wildman–Crippen LogP) is 1.88. The van der Waals surface area contributed by atoms with Crippen LogP contribution in [-0.4, -0.2) is 13.6 Å². The summed E-state index contributed by atoms with van der Waals surface area (Å²) in [6, 6.07) is 5.42. The summed E-state index contributed by atoms with van der Waals surface area (Å²) >= 11 is 5.85. The summed E-state index contributed by atoms with van der Waals surface area (Å²) in [5, 5.41) is 3.59. The van der Waals surface area contributed by atoms with Crippen molar-refractivity contribution in [1.29, 1.82) is 0 Å². The molecule has 0 heterocycles. The number of anilines is 1. The molecule has 3 N–H and O–H groups in total. The Labute approximate surface area is 89.4 Å². The largest absolute Gasteiger partial charge is 0.398 e. The van der Waals surface area contributed by atoms with Gasteiger partial charge in [-0.1, -0.05) is 23.4 Å². The van der Waals surface area contributed by atoms with Crippen LogP contribution >= 0.6 is 11.6 Å². The molecular weight excluding hydrogens is 196 g/mol. The third-order valence-corrected chi connectivity index (χ3v) is 2.06. The molecule has 0 spiro atoms. The highest BCUT2D eigenvalue weighted by molar-refractivity contribution is 6.33. The Hall–Kier alpha value is -1.17. The first-order chi connectivity index (χ1) is 6.74. The Balaban J connectivity index is 2.66.